The van der Waals surface area contributed by atoms with Gasteiger partial charge in [0.25, 0.3) is 11.6 Å². The van der Waals surface area contributed by atoms with Gasteiger partial charge in [-0.15, -0.1) is 0 Å². The van der Waals surface area contributed by atoms with Gasteiger partial charge in [-0.25, -0.2) is 0 Å². The number of rotatable bonds is 3. The lowest BCUT2D eigenvalue weighted by Gasteiger charge is -2.06. The number of anilines is 1. The van der Waals surface area contributed by atoms with Crippen LogP contribution in [0.3, 0.4) is 0 Å². The second-order valence-corrected chi connectivity index (χ2v) is 4.67. The number of nitro benzene ring substituents is 1. The van der Waals surface area contributed by atoms with E-state index in [1.165, 1.54) is 30.5 Å². The van der Waals surface area contributed by atoms with Crippen LogP contribution in [0.5, 0.6) is 0 Å². The highest BCUT2D eigenvalue weighted by Crippen LogP contribution is 2.27. The fraction of sp³-hybridized carbons (Fsp3) is 0. The number of aromatic amines is 1. The Labute approximate surface area is 120 Å². The number of H-pyrrole nitrogens is 1. The molecule has 1 heterocycles. The fourth-order valence-corrected chi connectivity index (χ4v) is 1.97. The van der Waals surface area contributed by atoms with Gasteiger partial charge in [0.05, 0.1) is 10.6 Å². The molecule has 0 aliphatic rings. The molecule has 0 aliphatic heterocycles. The molecule has 1 aromatic carbocycles. The molecule has 2 N–H and O–H groups in total. The van der Waals surface area contributed by atoms with Crippen molar-refractivity contribution in [2.45, 2.75) is 0 Å². The smallest absolute Gasteiger partial charge is 0.270 e. The van der Waals surface area contributed by atoms with Crippen molar-refractivity contribution < 1.29 is 9.72 Å². The van der Waals surface area contributed by atoms with E-state index in [1.54, 1.807) is 0 Å². The Bertz CT molecular complexity index is 741. The molecule has 0 fully saturated rings. The van der Waals surface area contributed by atoms with Crippen LogP contribution in [0.2, 0.25) is 0 Å². The highest BCUT2D eigenvalue weighted by atomic mass is 79.9. The Morgan fingerprint density at radius 2 is 2.05 bits per heavy atom. The van der Waals surface area contributed by atoms with Crippen LogP contribution < -0.4 is 10.9 Å². The standard InChI is InChI=1S/C12H8BrN3O4/c13-9-6-8(16(19)20)1-2-10(9)15-12(18)7-3-4-14-11(17)5-7/h1-6H,(H,14,17)(H,15,18). The Morgan fingerprint density at radius 1 is 1.30 bits per heavy atom. The van der Waals surface area contributed by atoms with Gasteiger partial charge in [0, 0.05) is 34.4 Å². The zero-order valence-electron chi connectivity index (χ0n) is 9.92. The molecule has 0 unspecified atom stereocenters. The summed E-state index contributed by atoms with van der Waals surface area (Å²) >= 11 is 3.14. The average Bonchev–Trinajstić information content (AvgIpc) is 2.40. The molecule has 2 rings (SSSR count). The molecule has 0 radical (unpaired) electrons. The first-order valence-corrected chi connectivity index (χ1v) is 6.21. The number of pyridine rings is 1. The first-order chi connectivity index (χ1) is 9.47. The lowest BCUT2D eigenvalue weighted by Crippen LogP contribution is -2.15. The minimum absolute atomic E-state index is 0.0916. The molecule has 102 valence electrons. The van der Waals surface area contributed by atoms with Gasteiger partial charge in [0.15, 0.2) is 0 Å². The summed E-state index contributed by atoms with van der Waals surface area (Å²) in [6.07, 6.45) is 1.36. The Morgan fingerprint density at radius 3 is 2.65 bits per heavy atom. The minimum atomic E-state index is -0.535. The molecule has 8 heteroatoms. The van der Waals surface area contributed by atoms with Crippen molar-refractivity contribution in [1.82, 2.24) is 4.98 Å². The van der Waals surface area contributed by atoms with E-state index < -0.39 is 10.8 Å². The molecule has 2 aromatic rings. The Balaban J connectivity index is 2.24. The van der Waals surface area contributed by atoms with Crippen LogP contribution in [-0.4, -0.2) is 15.8 Å². The number of nitro groups is 1. The number of hydrogen-bond acceptors (Lipinski definition) is 4. The maximum atomic E-state index is 11.9. The highest BCUT2D eigenvalue weighted by Gasteiger charge is 2.12. The monoisotopic (exact) mass is 337 g/mol. The number of nitrogens with zero attached hydrogens (tertiary/aromatic N) is 1. The predicted molar refractivity (Wildman–Crippen MR) is 75.8 cm³/mol. The molecule has 7 nitrogen and oxygen atoms in total. The second-order valence-electron chi connectivity index (χ2n) is 3.82. The van der Waals surface area contributed by atoms with Crippen LogP contribution >= 0.6 is 15.9 Å². The van der Waals surface area contributed by atoms with Crippen molar-refractivity contribution in [3.05, 3.63) is 67.0 Å². The largest absolute Gasteiger partial charge is 0.329 e. The van der Waals surface area contributed by atoms with Gasteiger partial charge in [-0.1, -0.05) is 0 Å². The molecule has 0 saturated heterocycles. The number of carbonyl (C=O) groups excluding carboxylic acids is 1. The number of carbonyl (C=O) groups is 1. The SMILES string of the molecule is O=C(Nc1ccc([N+](=O)[O-])cc1Br)c1cc[nH]c(=O)c1. The summed E-state index contributed by atoms with van der Waals surface area (Å²) in [7, 11) is 0. The van der Waals surface area contributed by atoms with E-state index in [0.29, 0.717) is 10.2 Å². The molecule has 0 spiro atoms. The van der Waals surface area contributed by atoms with Crippen LogP contribution in [0.15, 0.2) is 45.8 Å². The first kappa shape index (κ1) is 13.9. The van der Waals surface area contributed by atoms with Gasteiger partial charge in [-0.2, -0.15) is 0 Å². The molecular formula is C12H8BrN3O4. The zero-order valence-corrected chi connectivity index (χ0v) is 11.5. The quantitative estimate of drug-likeness (QED) is 0.662. The molecular weight excluding hydrogens is 330 g/mol. The zero-order chi connectivity index (χ0) is 14.7. The first-order valence-electron chi connectivity index (χ1n) is 5.41. The van der Waals surface area contributed by atoms with Crippen molar-refractivity contribution in [1.29, 1.82) is 0 Å². The van der Waals surface area contributed by atoms with Crippen LogP contribution in [0.25, 0.3) is 0 Å². The van der Waals surface area contributed by atoms with E-state index in [0.717, 1.165) is 6.07 Å². The fourth-order valence-electron chi connectivity index (χ4n) is 1.50. The lowest BCUT2D eigenvalue weighted by molar-refractivity contribution is -0.384. The average molecular weight is 338 g/mol. The predicted octanol–water partition coefficient (Wildman–Crippen LogP) is 2.30. The molecule has 0 bridgehead atoms. The number of hydrogen-bond donors (Lipinski definition) is 2. The van der Waals surface area contributed by atoms with E-state index in [1.807, 2.05) is 0 Å². The molecule has 20 heavy (non-hydrogen) atoms. The molecule has 0 aliphatic carbocycles. The van der Waals surface area contributed by atoms with Crippen molar-refractivity contribution in [3.63, 3.8) is 0 Å². The molecule has 0 saturated carbocycles. The highest BCUT2D eigenvalue weighted by molar-refractivity contribution is 9.10. The van der Waals surface area contributed by atoms with E-state index >= 15 is 0 Å². The topological polar surface area (TPSA) is 105 Å². The van der Waals surface area contributed by atoms with Gasteiger partial charge in [-0.3, -0.25) is 19.7 Å². The lowest BCUT2D eigenvalue weighted by atomic mass is 10.2. The number of amides is 1. The van der Waals surface area contributed by atoms with E-state index in [4.69, 9.17) is 0 Å². The van der Waals surface area contributed by atoms with Crippen molar-refractivity contribution in [2.24, 2.45) is 0 Å². The third-order valence-electron chi connectivity index (χ3n) is 2.45. The van der Waals surface area contributed by atoms with Gasteiger partial charge < -0.3 is 10.3 Å². The Kier molecular flexibility index (Phi) is 3.94. The summed E-state index contributed by atoms with van der Waals surface area (Å²) in [5.74, 6) is -0.481. The van der Waals surface area contributed by atoms with Crippen LogP contribution in [0.1, 0.15) is 10.4 Å². The van der Waals surface area contributed by atoms with Gasteiger partial charge in [0.2, 0.25) is 5.56 Å². The van der Waals surface area contributed by atoms with Crippen LogP contribution in [0.4, 0.5) is 11.4 Å². The molecule has 0 atom stereocenters. The molecule has 1 aromatic heterocycles. The number of benzene rings is 1. The number of halogens is 1. The maximum Gasteiger partial charge on any atom is 0.270 e. The Hall–Kier alpha value is -2.48. The third kappa shape index (κ3) is 3.09. The van der Waals surface area contributed by atoms with E-state index in [9.17, 15) is 19.7 Å². The summed E-state index contributed by atoms with van der Waals surface area (Å²) in [5, 5.41) is 13.2. The minimum Gasteiger partial charge on any atom is -0.329 e. The number of nitrogens with one attached hydrogen (secondary N) is 2. The van der Waals surface area contributed by atoms with Crippen LogP contribution in [-0.2, 0) is 0 Å². The summed E-state index contributed by atoms with van der Waals surface area (Å²) < 4.78 is 0.380. The van der Waals surface area contributed by atoms with E-state index in [-0.39, 0.29) is 16.8 Å². The number of aromatic nitrogens is 1. The summed E-state index contributed by atoms with van der Waals surface area (Å²) in [5.41, 5.74) is 0.0892. The summed E-state index contributed by atoms with van der Waals surface area (Å²) in [6, 6.07) is 6.59. The van der Waals surface area contributed by atoms with Crippen molar-refractivity contribution in [3.8, 4) is 0 Å². The van der Waals surface area contributed by atoms with Crippen LogP contribution in [0, 0.1) is 10.1 Å². The van der Waals surface area contributed by atoms with E-state index in [2.05, 4.69) is 26.2 Å². The maximum absolute atomic E-state index is 11.9. The van der Waals surface area contributed by atoms with Crippen molar-refractivity contribution in [2.75, 3.05) is 5.32 Å². The summed E-state index contributed by atoms with van der Waals surface area (Å²) in [4.78, 5) is 35.5. The summed E-state index contributed by atoms with van der Waals surface area (Å²) in [6.45, 7) is 0. The van der Waals surface area contributed by atoms with Gasteiger partial charge in [-0.05, 0) is 28.1 Å². The molecule has 1 amide bonds. The van der Waals surface area contributed by atoms with Crippen molar-refractivity contribution >= 4 is 33.2 Å². The number of non-ortho nitro benzene ring substituents is 1. The van der Waals surface area contributed by atoms with Gasteiger partial charge in [0.1, 0.15) is 0 Å². The second kappa shape index (κ2) is 5.66. The van der Waals surface area contributed by atoms with Gasteiger partial charge >= 0.3 is 0 Å². The third-order valence-corrected chi connectivity index (χ3v) is 3.11. The normalized spacial score (nSPS) is 10.1.